The largest absolute Gasteiger partial charge is 0.481 e. The molecule has 1 aliphatic rings. The number of aliphatic carboxylic acids is 1. The van der Waals surface area contributed by atoms with Crippen molar-refractivity contribution in [3.05, 3.63) is 34.6 Å². The van der Waals surface area contributed by atoms with Crippen LogP contribution in [0.5, 0.6) is 0 Å². The molecule has 126 valence electrons. The maximum absolute atomic E-state index is 13.3. The molecule has 23 heavy (non-hydrogen) atoms. The van der Waals surface area contributed by atoms with E-state index in [1.165, 1.54) is 11.0 Å². The second kappa shape index (κ2) is 6.84. The second-order valence-electron chi connectivity index (χ2n) is 5.85. The Kier molecular flexibility index (Phi) is 5.26. The molecule has 0 saturated carbocycles. The van der Waals surface area contributed by atoms with Crippen LogP contribution in [0.4, 0.5) is 4.39 Å². The number of carbonyl (C=O) groups is 2. The molecule has 7 heteroatoms. The lowest BCUT2D eigenvalue weighted by Crippen LogP contribution is -2.56. The average molecular weight is 344 g/mol. The first-order valence-electron chi connectivity index (χ1n) is 7.47. The van der Waals surface area contributed by atoms with Crippen LogP contribution >= 0.6 is 11.6 Å². The van der Waals surface area contributed by atoms with Crippen LogP contribution < -0.4 is 0 Å². The lowest BCUT2D eigenvalue weighted by molar-refractivity contribution is -0.162. The molecule has 0 aliphatic carbocycles. The number of piperidine rings is 1. The van der Waals surface area contributed by atoms with Crippen molar-refractivity contribution in [1.82, 2.24) is 4.90 Å². The molecule has 1 aromatic rings. The zero-order valence-corrected chi connectivity index (χ0v) is 13.5. The van der Waals surface area contributed by atoms with E-state index in [1.54, 1.807) is 0 Å². The fraction of sp³-hybridized carbons (Fsp3) is 0.500. The minimum absolute atomic E-state index is 0.0113. The van der Waals surface area contributed by atoms with E-state index >= 15 is 0 Å². The monoisotopic (exact) mass is 343 g/mol. The molecule has 2 rings (SSSR count). The third-order valence-electron chi connectivity index (χ3n) is 4.43. The van der Waals surface area contributed by atoms with Gasteiger partial charge in [0.05, 0.1) is 22.1 Å². The van der Waals surface area contributed by atoms with Crippen molar-refractivity contribution in [3.63, 3.8) is 0 Å². The number of halogens is 2. The zero-order valence-electron chi connectivity index (χ0n) is 12.8. The summed E-state index contributed by atoms with van der Waals surface area (Å²) in [5, 5.41) is 19.9. The summed E-state index contributed by atoms with van der Waals surface area (Å²) < 4.78 is 13.3. The predicted octanol–water partition coefficient (Wildman–Crippen LogP) is 2.56. The topological polar surface area (TPSA) is 77.8 Å². The molecule has 0 spiro atoms. The summed E-state index contributed by atoms with van der Waals surface area (Å²) in [5.41, 5.74) is -1.23. The fourth-order valence-corrected chi connectivity index (χ4v) is 3.28. The standard InChI is InChI=1S/C16H19ClFNO4/c1-2-5-16(15(22)23)6-7-19(9-13(16)20)14(21)11-8-10(18)3-4-12(11)17/h3-4,8,13,20H,2,5-7,9H2,1H3,(H,22,23)/t13-,16-/m0/s1. The summed E-state index contributed by atoms with van der Waals surface area (Å²) in [5.74, 6) is -2.15. The summed E-state index contributed by atoms with van der Waals surface area (Å²) >= 11 is 5.93. The summed E-state index contributed by atoms with van der Waals surface area (Å²) in [6, 6.07) is 3.49. The van der Waals surface area contributed by atoms with Crippen LogP contribution in [0.15, 0.2) is 18.2 Å². The Morgan fingerprint density at radius 2 is 2.17 bits per heavy atom. The smallest absolute Gasteiger partial charge is 0.312 e. The van der Waals surface area contributed by atoms with Gasteiger partial charge in [0, 0.05) is 13.1 Å². The molecule has 2 atom stereocenters. The van der Waals surface area contributed by atoms with E-state index < -0.39 is 29.2 Å². The number of carboxylic acid groups (broad SMARTS) is 1. The van der Waals surface area contributed by atoms with E-state index in [2.05, 4.69) is 0 Å². The molecule has 1 aromatic carbocycles. The van der Waals surface area contributed by atoms with Gasteiger partial charge in [-0.3, -0.25) is 9.59 Å². The van der Waals surface area contributed by atoms with Gasteiger partial charge in [0.25, 0.3) is 5.91 Å². The highest BCUT2D eigenvalue weighted by molar-refractivity contribution is 6.33. The Labute approximate surface area is 138 Å². The van der Waals surface area contributed by atoms with Gasteiger partial charge in [-0.25, -0.2) is 4.39 Å². The van der Waals surface area contributed by atoms with Crippen molar-refractivity contribution in [2.24, 2.45) is 5.41 Å². The van der Waals surface area contributed by atoms with Crippen molar-refractivity contribution in [1.29, 1.82) is 0 Å². The maximum atomic E-state index is 13.3. The summed E-state index contributed by atoms with van der Waals surface area (Å²) in [6.45, 7) is 1.91. The molecular weight excluding hydrogens is 325 g/mol. The minimum Gasteiger partial charge on any atom is -0.481 e. The highest BCUT2D eigenvalue weighted by Gasteiger charge is 2.48. The van der Waals surface area contributed by atoms with Gasteiger partial charge in [0.1, 0.15) is 5.82 Å². The van der Waals surface area contributed by atoms with E-state index in [4.69, 9.17) is 11.6 Å². The molecule has 0 radical (unpaired) electrons. The second-order valence-corrected chi connectivity index (χ2v) is 6.26. The number of amides is 1. The SMILES string of the molecule is CCC[C@]1(C(=O)O)CCN(C(=O)c2cc(F)ccc2Cl)C[C@@H]1O. The van der Waals surface area contributed by atoms with Crippen LogP contribution in [-0.4, -0.2) is 46.2 Å². The number of β-amino-alcohol motifs (C(OH)–C–C–N with tert-alkyl or cyclic N) is 1. The Morgan fingerprint density at radius 3 is 2.74 bits per heavy atom. The number of aliphatic hydroxyl groups is 1. The van der Waals surface area contributed by atoms with Gasteiger partial charge in [0.15, 0.2) is 0 Å². The maximum Gasteiger partial charge on any atom is 0.312 e. The number of likely N-dealkylation sites (tertiary alicyclic amines) is 1. The molecule has 1 aliphatic heterocycles. The molecule has 1 fully saturated rings. The van der Waals surface area contributed by atoms with Crippen LogP contribution in [0.2, 0.25) is 5.02 Å². The normalized spacial score (nSPS) is 24.5. The highest BCUT2D eigenvalue weighted by Crippen LogP contribution is 2.37. The molecule has 0 aromatic heterocycles. The summed E-state index contributed by atoms with van der Waals surface area (Å²) in [4.78, 5) is 25.4. The lowest BCUT2D eigenvalue weighted by atomic mass is 9.72. The number of hydrogen-bond acceptors (Lipinski definition) is 3. The van der Waals surface area contributed by atoms with Gasteiger partial charge in [-0.15, -0.1) is 0 Å². The van der Waals surface area contributed by atoms with Crippen LogP contribution in [0.1, 0.15) is 36.5 Å². The van der Waals surface area contributed by atoms with Crippen LogP contribution in [-0.2, 0) is 4.79 Å². The van der Waals surface area contributed by atoms with Crippen molar-refractivity contribution in [2.75, 3.05) is 13.1 Å². The van der Waals surface area contributed by atoms with Crippen LogP contribution in [0, 0.1) is 11.2 Å². The van der Waals surface area contributed by atoms with Crippen LogP contribution in [0.3, 0.4) is 0 Å². The summed E-state index contributed by atoms with van der Waals surface area (Å²) in [6.07, 6.45) is -0.0695. The third-order valence-corrected chi connectivity index (χ3v) is 4.76. The number of carboxylic acids is 1. The molecule has 1 saturated heterocycles. The van der Waals surface area contributed by atoms with Gasteiger partial charge in [0.2, 0.25) is 0 Å². The first-order valence-corrected chi connectivity index (χ1v) is 7.85. The molecule has 0 unspecified atom stereocenters. The third kappa shape index (κ3) is 3.33. The molecule has 1 amide bonds. The van der Waals surface area contributed by atoms with Crippen LogP contribution in [0.25, 0.3) is 0 Å². The van der Waals surface area contributed by atoms with E-state index in [-0.39, 0.29) is 30.1 Å². The molecule has 2 N–H and O–H groups in total. The number of carbonyl (C=O) groups excluding carboxylic acids is 1. The number of hydrogen-bond donors (Lipinski definition) is 2. The number of rotatable bonds is 4. The Bertz CT molecular complexity index is 624. The number of aliphatic hydroxyl groups excluding tert-OH is 1. The van der Waals surface area contributed by atoms with Crippen molar-refractivity contribution in [2.45, 2.75) is 32.3 Å². The predicted molar refractivity (Wildman–Crippen MR) is 82.9 cm³/mol. The highest BCUT2D eigenvalue weighted by atomic mass is 35.5. The van der Waals surface area contributed by atoms with Gasteiger partial charge >= 0.3 is 5.97 Å². The first kappa shape index (κ1) is 17.7. The van der Waals surface area contributed by atoms with Crippen molar-refractivity contribution < 1.29 is 24.2 Å². The Hall–Kier alpha value is -1.66. The van der Waals surface area contributed by atoms with E-state index in [0.717, 1.165) is 12.1 Å². The molecular formula is C16H19ClFNO4. The quantitative estimate of drug-likeness (QED) is 0.880. The van der Waals surface area contributed by atoms with Crippen molar-refractivity contribution in [3.8, 4) is 0 Å². The lowest BCUT2D eigenvalue weighted by Gasteiger charge is -2.42. The molecule has 0 bridgehead atoms. The van der Waals surface area contributed by atoms with E-state index in [9.17, 15) is 24.2 Å². The average Bonchev–Trinajstić information content (AvgIpc) is 2.51. The van der Waals surface area contributed by atoms with E-state index in [0.29, 0.717) is 12.8 Å². The van der Waals surface area contributed by atoms with E-state index in [1.807, 2.05) is 6.92 Å². The molecule has 5 nitrogen and oxygen atoms in total. The van der Waals surface area contributed by atoms with Gasteiger partial charge in [-0.05, 0) is 31.0 Å². The molecule has 1 heterocycles. The first-order chi connectivity index (χ1) is 10.8. The van der Waals surface area contributed by atoms with Gasteiger partial charge < -0.3 is 15.1 Å². The van der Waals surface area contributed by atoms with Gasteiger partial charge in [-0.1, -0.05) is 24.9 Å². The van der Waals surface area contributed by atoms with Gasteiger partial charge in [-0.2, -0.15) is 0 Å². The summed E-state index contributed by atoms with van der Waals surface area (Å²) in [7, 11) is 0. The zero-order chi connectivity index (χ0) is 17.2. The fourth-order valence-electron chi connectivity index (χ4n) is 3.09. The Morgan fingerprint density at radius 1 is 1.48 bits per heavy atom. The number of nitrogens with zero attached hydrogens (tertiary/aromatic N) is 1. The van der Waals surface area contributed by atoms with Crippen molar-refractivity contribution >= 4 is 23.5 Å². The number of benzene rings is 1. The Balaban J connectivity index is 2.21. The minimum atomic E-state index is -1.24.